The lowest BCUT2D eigenvalue weighted by Crippen LogP contribution is -2.48. The van der Waals surface area contributed by atoms with Gasteiger partial charge in [0.05, 0.1) is 12.2 Å². The highest BCUT2D eigenvalue weighted by atomic mass is 16.5. The minimum atomic E-state index is -0.0746. The van der Waals surface area contributed by atoms with Gasteiger partial charge in [0.15, 0.2) is 0 Å². The Morgan fingerprint density at radius 1 is 1.32 bits per heavy atom. The molecule has 1 N–H and O–H groups in total. The molecule has 1 fully saturated rings. The number of amides is 2. The van der Waals surface area contributed by atoms with Crippen LogP contribution in [0.2, 0.25) is 0 Å². The van der Waals surface area contributed by atoms with E-state index in [2.05, 4.69) is 25.3 Å². The Hall–Kier alpha value is -2.64. The van der Waals surface area contributed by atoms with Gasteiger partial charge in [0, 0.05) is 44.1 Å². The van der Waals surface area contributed by atoms with Crippen LogP contribution < -0.4 is 10.2 Å². The highest BCUT2D eigenvalue weighted by Crippen LogP contribution is 2.17. The fourth-order valence-corrected chi connectivity index (χ4v) is 3.00. The molecule has 0 spiro atoms. The monoisotopic (exact) mass is 344 g/mol. The number of carbonyl (C=O) groups is 1. The van der Waals surface area contributed by atoms with Gasteiger partial charge in [-0.2, -0.15) is 0 Å². The zero-order chi connectivity index (χ0) is 17.8. The van der Waals surface area contributed by atoms with Crippen molar-refractivity contribution in [1.82, 2.24) is 25.3 Å². The van der Waals surface area contributed by atoms with Crippen LogP contribution in [0.5, 0.6) is 0 Å². The Bertz CT molecular complexity index is 690. The molecule has 3 rings (SSSR count). The second-order valence-corrected chi connectivity index (χ2v) is 6.42. The molecule has 2 aromatic heterocycles. The van der Waals surface area contributed by atoms with Crippen molar-refractivity contribution in [2.75, 3.05) is 25.0 Å². The van der Waals surface area contributed by atoms with E-state index in [1.54, 1.807) is 24.3 Å². The molecule has 1 aliphatic heterocycles. The largest absolute Gasteiger partial charge is 0.361 e. The van der Waals surface area contributed by atoms with Crippen molar-refractivity contribution in [2.45, 2.75) is 39.3 Å². The van der Waals surface area contributed by atoms with Gasteiger partial charge in [-0.1, -0.05) is 5.16 Å². The van der Waals surface area contributed by atoms with Gasteiger partial charge >= 0.3 is 6.03 Å². The number of hydrogen-bond donors (Lipinski definition) is 1. The van der Waals surface area contributed by atoms with Crippen molar-refractivity contribution in [3.8, 4) is 0 Å². The summed E-state index contributed by atoms with van der Waals surface area (Å²) in [6.07, 6.45) is 5.26. The maximum atomic E-state index is 12.4. The Labute approximate surface area is 147 Å². The van der Waals surface area contributed by atoms with Gasteiger partial charge < -0.3 is 19.6 Å². The van der Waals surface area contributed by atoms with Gasteiger partial charge in [-0.15, -0.1) is 0 Å². The molecule has 0 aliphatic carbocycles. The summed E-state index contributed by atoms with van der Waals surface area (Å²) in [6.45, 7) is 5.91. The van der Waals surface area contributed by atoms with E-state index < -0.39 is 0 Å². The summed E-state index contributed by atoms with van der Waals surface area (Å²) in [6, 6.07) is 1.90. The normalized spacial score (nSPS) is 15.2. The van der Waals surface area contributed by atoms with Crippen LogP contribution in [0.4, 0.5) is 10.7 Å². The van der Waals surface area contributed by atoms with E-state index in [9.17, 15) is 4.79 Å². The van der Waals surface area contributed by atoms with Gasteiger partial charge in [0.1, 0.15) is 5.76 Å². The highest BCUT2D eigenvalue weighted by molar-refractivity contribution is 5.74. The minimum Gasteiger partial charge on any atom is -0.361 e. The van der Waals surface area contributed by atoms with Crippen molar-refractivity contribution in [3.05, 3.63) is 35.5 Å². The van der Waals surface area contributed by atoms with Crippen LogP contribution in [0.1, 0.15) is 29.9 Å². The van der Waals surface area contributed by atoms with E-state index in [1.807, 2.05) is 19.9 Å². The van der Waals surface area contributed by atoms with Crippen molar-refractivity contribution >= 4 is 12.0 Å². The molecule has 0 radical (unpaired) electrons. The van der Waals surface area contributed by atoms with Gasteiger partial charge in [-0.3, -0.25) is 0 Å². The van der Waals surface area contributed by atoms with E-state index in [1.165, 1.54) is 0 Å². The number of urea groups is 1. The average Bonchev–Trinajstić information content (AvgIpc) is 2.95. The molecule has 8 heteroatoms. The Balaban J connectivity index is 1.49. The van der Waals surface area contributed by atoms with Crippen LogP contribution in [0.15, 0.2) is 23.0 Å². The molecule has 2 aromatic rings. The first-order valence-corrected chi connectivity index (χ1v) is 8.50. The minimum absolute atomic E-state index is 0.0746. The van der Waals surface area contributed by atoms with Crippen molar-refractivity contribution in [1.29, 1.82) is 0 Å². The molecular weight excluding hydrogens is 320 g/mol. The summed E-state index contributed by atoms with van der Waals surface area (Å²) in [7, 11) is 1.79. The zero-order valence-corrected chi connectivity index (χ0v) is 14.9. The number of nitrogens with zero attached hydrogens (tertiary/aromatic N) is 5. The predicted molar refractivity (Wildman–Crippen MR) is 93.2 cm³/mol. The van der Waals surface area contributed by atoms with E-state index in [0.29, 0.717) is 6.54 Å². The molecule has 0 bridgehead atoms. The molecular formula is C17H24N6O2. The van der Waals surface area contributed by atoms with Crippen LogP contribution in [-0.4, -0.2) is 52.2 Å². The van der Waals surface area contributed by atoms with Crippen molar-refractivity contribution in [3.63, 3.8) is 0 Å². The lowest BCUT2D eigenvalue weighted by atomic mass is 10.1. The summed E-state index contributed by atoms with van der Waals surface area (Å²) in [4.78, 5) is 24.8. The summed E-state index contributed by atoms with van der Waals surface area (Å²) in [5.74, 6) is 1.51. The number of carbonyl (C=O) groups excluding carboxylic acids is 1. The molecule has 3 heterocycles. The van der Waals surface area contributed by atoms with Crippen molar-refractivity contribution in [2.24, 2.45) is 0 Å². The molecule has 1 aliphatic rings. The molecule has 134 valence electrons. The van der Waals surface area contributed by atoms with Gasteiger partial charge in [-0.25, -0.2) is 14.8 Å². The van der Waals surface area contributed by atoms with E-state index in [4.69, 9.17) is 4.52 Å². The molecule has 0 unspecified atom stereocenters. The standard InChI is InChI=1S/C17H24N6O2/c1-12-15(13(2)25-21-12)11-22(3)17(24)20-14-5-9-23(10-6-14)16-18-7-4-8-19-16/h4,7-8,14H,5-6,9-11H2,1-3H3,(H,20,24). The molecule has 8 nitrogen and oxygen atoms in total. The quantitative estimate of drug-likeness (QED) is 0.911. The number of aromatic nitrogens is 3. The van der Waals surface area contributed by atoms with Crippen LogP contribution >= 0.6 is 0 Å². The van der Waals surface area contributed by atoms with Crippen LogP contribution in [-0.2, 0) is 6.54 Å². The first-order valence-electron chi connectivity index (χ1n) is 8.50. The highest BCUT2D eigenvalue weighted by Gasteiger charge is 2.23. The summed E-state index contributed by atoms with van der Waals surface area (Å²) >= 11 is 0. The fraction of sp³-hybridized carbons (Fsp3) is 0.529. The van der Waals surface area contributed by atoms with Gasteiger partial charge in [0.25, 0.3) is 0 Å². The van der Waals surface area contributed by atoms with Gasteiger partial charge in [0.2, 0.25) is 5.95 Å². The molecule has 0 atom stereocenters. The molecule has 0 aromatic carbocycles. The molecule has 1 saturated heterocycles. The Kier molecular flexibility index (Phi) is 5.16. The fourth-order valence-electron chi connectivity index (χ4n) is 3.00. The lowest BCUT2D eigenvalue weighted by molar-refractivity contribution is 0.200. The maximum Gasteiger partial charge on any atom is 0.317 e. The number of nitrogens with one attached hydrogen (secondary N) is 1. The van der Waals surface area contributed by atoms with E-state index >= 15 is 0 Å². The Morgan fingerprint density at radius 3 is 2.60 bits per heavy atom. The topological polar surface area (TPSA) is 87.4 Å². The van der Waals surface area contributed by atoms with E-state index in [0.717, 1.165) is 48.9 Å². The first kappa shape index (κ1) is 17.2. The molecule has 0 saturated carbocycles. The zero-order valence-electron chi connectivity index (χ0n) is 14.9. The maximum absolute atomic E-state index is 12.4. The summed E-state index contributed by atoms with van der Waals surface area (Å²) in [5, 5.41) is 7.04. The second-order valence-electron chi connectivity index (χ2n) is 6.42. The van der Waals surface area contributed by atoms with Crippen LogP contribution in [0.3, 0.4) is 0 Å². The third-order valence-corrected chi connectivity index (χ3v) is 4.58. The van der Waals surface area contributed by atoms with Crippen molar-refractivity contribution < 1.29 is 9.32 Å². The molecule has 2 amide bonds. The predicted octanol–water partition coefficient (Wildman–Crippen LogP) is 1.89. The van der Waals surface area contributed by atoms with E-state index in [-0.39, 0.29) is 12.1 Å². The number of rotatable bonds is 4. The lowest BCUT2D eigenvalue weighted by Gasteiger charge is -2.33. The van der Waals surface area contributed by atoms with Crippen LogP contribution in [0.25, 0.3) is 0 Å². The average molecular weight is 344 g/mol. The number of hydrogen-bond acceptors (Lipinski definition) is 6. The Morgan fingerprint density at radius 2 is 2.00 bits per heavy atom. The first-order chi connectivity index (χ1) is 12.0. The summed E-state index contributed by atoms with van der Waals surface area (Å²) < 4.78 is 5.15. The SMILES string of the molecule is Cc1noc(C)c1CN(C)C(=O)NC1CCN(c2ncccn2)CC1. The third-order valence-electron chi connectivity index (χ3n) is 4.58. The molecule has 25 heavy (non-hydrogen) atoms. The van der Waals surface area contributed by atoms with Crippen LogP contribution in [0, 0.1) is 13.8 Å². The number of aryl methyl sites for hydroxylation is 2. The number of anilines is 1. The van der Waals surface area contributed by atoms with Gasteiger partial charge in [-0.05, 0) is 32.8 Å². The third kappa shape index (κ3) is 4.07. The number of piperidine rings is 1. The second kappa shape index (κ2) is 7.50. The smallest absolute Gasteiger partial charge is 0.317 e. The summed E-state index contributed by atoms with van der Waals surface area (Å²) in [5.41, 5.74) is 1.79.